The number of nitrogens with zero attached hydrogens (tertiary/aromatic N) is 2. The number of morpholine rings is 1. The van der Waals surface area contributed by atoms with Gasteiger partial charge < -0.3 is 14.4 Å². The van der Waals surface area contributed by atoms with Crippen molar-refractivity contribution in [3.05, 3.63) is 53.9 Å². The predicted octanol–water partition coefficient (Wildman–Crippen LogP) is 0.704. The standard InChI is InChI=1S/C20H21BrN2O5S/c1-2-28-19(25)12-18-23(13-17(24)22-7-9-27-10-8-22)20(26)16(29-18)11-14-5-3-4-6-15(14)21/h3-6,11-12H,2,7-10,13H2,1H3. The Morgan fingerprint density at radius 2 is 2.00 bits per heavy atom. The van der Waals surface area contributed by atoms with Crippen molar-refractivity contribution in [3.8, 4) is 0 Å². The summed E-state index contributed by atoms with van der Waals surface area (Å²) in [5, 5.41) is 0. The quantitative estimate of drug-likeness (QED) is 0.588. The first kappa shape index (κ1) is 21.5. The van der Waals surface area contributed by atoms with Crippen molar-refractivity contribution in [2.24, 2.45) is 0 Å². The van der Waals surface area contributed by atoms with Gasteiger partial charge in [0.2, 0.25) is 5.91 Å². The largest absolute Gasteiger partial charge is 0.463 e. The van der Waals surface area contributed by atoms with Gasteiger partial charge >= 0.3 is 5.97 Å². The lowest BCUT2D eigenvalue weighted by Crippen LogP contribution is -2.45. The van der Waals surface area contributed by atoms with Crippen molar-refractivity contribution >= 4 is 51.3 Å². The number of esters is 1. The number of benzene rings is 1. The average molecular weight is 481 g/mol. The molecule has 0 spiro atoms. The Morgan fingerprint density at radius 1 is 1.28 bits per heavy atom. The lowest BCUT2D eigenvalue weighted by atomic mass is 10.2. The molecule has 1 saturated heterocycles. The number of hydrogen-bond acceptors (Lipinski definition) is 6. The highest BCUT2D eigenvalue weighted by molar-refractivity contribution is 9.10. The molecule has 0 saturated carbocycles. The molecule has 0 aliphatic carbocycles. The molecule has 1 aromatic heterocycles. The van der Waals surface area contributed by atoms with Crippen LogP contribution in [0.5, 0.6) is 0 Å². The molecule has 0 bridgehead atoms. The first-order valence-electron chi connectivity index (χ1n) is 9.19. The molecule has 0 unspecified atom stereocenters. The molecule has 29 heavy (non-hydrogen) atoms. The van der Waals surface area contributed by atoms with Crippen LogP contribution in [0.4, 0.5) is 0 Å². The van der Waals surface area contributed by atoms with Crippen LogP contribution in [0.2, 0.25) is 0 Å². The third-order valence-corrected chi connectivity index (χ3v) is 6.10. The van der Waals surface area contributed by atoms with Gasteiger partial charge in [-0.2, -0.15) is 0 Å². The molecule has 3 rings (SSSR count). The summed E-state index contributed by atoms with van der Waals surface area (Å²) in [5.41, 5.74) is 0.517. The molecule has 1 amide bonds. The van der Waals surface area contributed by atoms with Gasteiger partial charge in [0.1, 0.15) is 11.2 Å². The maximum absolute atomic E-state index is 13.0. The molecule has 0 atom stereocenters. The van der Waals surface area contributed by atoms with Crippen LogP contribution in [0.15, 0.2) is 33.5 Å². The molecular weight excluding hydrogens is 460 g/mol. The minimum Gasteiger partial charge on any atom is -0.463 e. The van der Waals surface area contributed by atoms with E-state index in [-0.39, 0.29) is 24.6 Å². The van der Waals surface area contributed by atoms with Crippen LogP contribution in [0.1, 0.15) is 12.5 Å². The van der Waals surface area contributed by atoms with E-state index >= 15 is 0 Å². The molecule has 1 aliphatic heterocycles. The molecule has 1 aromatic carbocycles. The van der Waals surface area contributed by atoms with E-state index in [1.165, 1.54) is 10.6 Å². The Morgan fingerprint density at radius 3 is 2.69 bits per heavy atom. The maximum Gasteiger partial charge on any atom is 0.333 e. The SMILES string of the molecule is CCOC(=O)C=c1sc(=Cc2ccccc2Br)c(=O)n1CC(=O)N1CCOCC1. The molecule has 7 nitrogen and oxygen atoms in total. The molecular formula is C20H21BrN2O5S. The summed E-state index contributed by atoms with van der Waals surface area (Å²) in [7, 11) is 0. The number of carbonyl (C=O) groups excluding carboxylic acids is 2. The van der Waals surface area contributed by atoms with Gasteiger partial charge in [0.15, 0.2) is 0 Å². The zero-order valence-corrected chi connectivity index (χ0v) is 18.3. The Balaban J connectivity index is 2.04. The van der Waals surface area contributed by atoms with Crippen LogP contribution in [0, 0.1) is 0 Å². The smallest absolute Gasteiger partial charge is 0.333 e. The van der Waals surface area contributed by atoms with E-state index in [4.69, 9.17) is 9.47 Å². The molecule has 9 heteroatoms. The average Bonchev–Trinajstić information content (AvgIpc) is 2.99. The van der Waals surface area contributed by atoms with Gasteiger partial charge in [-0.15, -0.1) is 11.3 Å². The number of rotatable bonds is 5. The third-order valence-electron chi connectivity index (χ3n) is 4.31. The molecule has 2 heterocycles. The predicted molar refractivity (Wildman–Crippen MR) is 114 cm³/mol. The maximum atomic E-state index is 13.0. The van der Waals surface area contributed by atoms with Crippen LogP contribution >= 0.6 is 27.3 Å². The van der Waals surface area contributed by atoms with Gasteiger partial charge in [0.05, 0.1) is 30.4 Å². The number of carbonyl (C=O) groups is 2. The Hall–Kier alpha value is -2.23. The zero-order valence-electron chi connectivity index (χ0n) is 15.9. The minimum atomic E-state index is -0.547. The third kappa shape index (κ3) is 5.43. The van der Waals surface area contributed by atoms with Crippen molar-refractivity contribution in [2.75, 3.05) is 32.9 Å². The van der Waals surface area contributed by atoms with E-state index in [0.717, 1.165) is 21.4 Å². The second-order valence-corrected chi connectivity index (χ2v) is 8.17. The minimum absolute atomic E-state index is 0.135. The van der Waals surface area contributed by atoms with Crippen molar-refractivity contribution in [3.63, 3.8) is 0 Å². The lowest BCUT2D eigenvalue weighted by Gasteiger charge is -2.26. The summed E-state index contributed by atoms with van der Waals surface area (Å²) in [6.07, 6.45) is 3.01. The molecule has 2 aromatic rings. The van der Waals surface area contributed by atoms with E-state index in [9.17, 15) is 14.4 Å². The monoisotopic (exact) mass is 480 g/mol. The van der Waals surface area contributed by atoms with Crippen LogP contribution in [0.25, 0.3) is 12.2 Å². The first-order chi connectivity index (χ1) is 14.0. The fraction of sp³-hybridized carbons (Fsp3) is 0.350. The molecule has 1 aliphatic rings. The van der Waals surface area contributed by atoms with Crippen molar-refractivity contribution < 1.29 is 19.1 Å². The summed E-state index contributed by atoms with van der Waals surface area (Å²) in [6, 6.07) is 7.51. The number of ether oxygens (including phenoxy) is 2. The van der Waals surface area contributed by atoms with E-state index in [1.807, 2.05) is 24.3 Å². The summed E-state index contributed by atoms with van der Waals surface area (Å²) in [5.74, 6) is -0.729. The van der Waals surface area contributed by atoms with E-state index in [2.05, 4.69) is 15.9 Å². The molecule has 1 fully saturated rings. The van der Waals surface area contributed by atoms with Crippen LogP contribution in [-0.4, -0.2) is 54.3 Å². The molecule has 0 radical (unpaired) electrons. The highest BCUT2D eigenvalue weighted by atomic mass is 79.9. The van der Waals surface area contributed by atoms with Crippen LogP contribution in [0.3, 0.4) is 0 Å². The van der Waals surface area contributed by atoms with Gasteiger partial charge in [0.25, 0.3) is 5.56 Å². The second-order valence-electron chi connectivity index (χ2n) is 6.25. The normalized spacial score (nSPS) is 15.6. The lowest BCUT2D eigenvalue weighted by molar-refractivity contribution is -0.136. The van der Waals surface area contributed by atoms with E-state index in [1.54, 1.807) is 17.9 Å². The highest BCUT2D eigenvalue weighted by Crippen LogP contribution is 2.16. The van der Waals surface area contributed by atoms with Gasteiger partial charge in [-0.25, -0.2) is 4.79 Å². The van der Waals surface area contributed by atoms with Gasteiger partial charge in [-0.3, -0.25) is 14.2 Å². The van der Waals surface area contributed by atoms with Crippen molar-refractivity contribution in [2.45, 2.75) is 13.5 Å². The fourth-order valence-electron chi connectivity index (χ4n) is 2.86. The summed E-state index contributed by atoms with van der Waals surface area (Å²) < 4.78 is 13.2. The van der Waals surface area contributed by atoms with Crippen LogP contribution in [-0.2, 0) is 25.6 Å². The Bertz CT molecular complexity index is 1070. The highest BCUT2D eigenvalue weighted by Gasteiger charge is 2.19. The first-order valence-corrected chi connectivity index (χ1v) is 10.8. The van der Waals surface area contributed by atoms with Gasteiger partial charge in [-0.05, 0) is 24.6 Å². The molecule has 0 N–H and O–H groups in total. The van der Waals surface area contributed by atoms with Crippen molar-refractivity contribution in [1.82, 2.24) is 9.47 Å². The van der Waals surface area contributed by atoms with E-state index < -0.39 is 5.97 Å². The summed E-state index contributed by atoms with van der Waals surface area (Å²) in [4.78, 5) is 39.3. The number of halogens is 1. The fourth-order valence-corrected chi connectivity index (χ4v) is 4.28. The number of thiazole rings is 1. The summed E-state index contributed by atoms with van der Waals surface area (Å²) in [6.45, 7) is 3.74. The zero-order chi connectivity index (χ0) is 20.8. The topological polar surface area (TPSA) is 77.8 Å². The van der Waals surface area contributed by atoms with Gasteiger partial charge in [-0.1, -0.05) is 34.1 Å². The van der Waals surface area contributed by atoms with Crippen LogP contribution < -0.4 is 14.8 Å². The Kier molecular flexibility index (Phi) is 7.40. The molecule has 154 valence electrons. The number of aromatic nitrogens is 1. The number of hydrogen-bond donors (Lipinski definition) is 0. The Labute approximate surface area is 180 Å². The van der Waals surface area contributed by atoms with Crippen molar-refractivity contribution in [1.29, 1.82) is 0 Å². The summed E-state index contributed by atoms with van der Waals surface area (Å²) >= 11 is 4.62. The second kappa shape index (κ2) is 10.00. The van der Waals surface area contributed by atoms with Gasteiger partial charge in [0, 0.05) is 17.6 Å². The number of amides is 1. The van der Waals surface area contributed by atoms with E-state index in [0.29, 0.717) is 35.5 Å².